The molecule has 0 saturated carbocycles. The van der Waals surface area contributed by atoms with Gasteiger partial charge in [-0.1, -0.05) is 6.07 Å². The summed E-state index contributed by atoms with van der Waals surface area (Å²) in [6.07, 6.45) is 5.74. The summed E-state index contributed by atoms with van der Waals surface area (Å²) in [4.78, 5) is 24.8. The molecule has 1 aliphatic heterocycles. The number of hydrogen-bond acceptors (Lipinski definition) is 3. The minimum absolute atomic E-state index is 0.0243. The molecule has 1 aliphatic carbocycles. The maximum Gasteiger partial charge on any atom is 0.306 e. The van der Waals surface area contributed by atoms with Gasteiger partial charge in [-0.05, 0) is 61.8 Å². The minimum Gasteiger partial charge on any atom is -0.484 e. The highest BCUT2D eigenvalue weighted by atomic mass is 16.5. The molecule has 0 unspecified atom stereocenters. The maximum atomic E-state index is 12.2. The Morgan fingerprint density at radius 2 is 1.83 bits per heavy atom. The second-order valence-corrected chi connectivity index (χ2v) is 6.42. The van der Waals surface area contributed by atoms with E-state index >= 15 is 0 Å². The number of ether oxygens (including phenoxy) is 1. The zero-order valence-corrected chi connectivity index (χ0v) is 13.3. The first-order valence-electron chi connectivity index (χ1n) is 8.38. The normalized spacial score (nSPS) is 18.3. The van der Waals surface area contributed by atoms with Crippen LogP contribution in [0.4, 0.5) is 0 Å². The third-order valence-electron chi connectivity index (χ3n) is 4.88. The molecule has 5 heteroatoms. The zero-order chi connectivity index (χ0) is 16.2. The van der Waals surface area contributed by atoms with Gasteiger partial charge in [0.25, 0.3) is 5.91 Å². The number of benzene rings is 1. The van der Waals surface area contributed by atoms with E-state index in [4.69, 9.17) is 9.84 Å². The van der Waals surface area contributed by atoms with E-state index in [2.05, 4.69) is 12.1 Å². The SMILES string of the molecule is O=C(O)C1CCN(C(=O)COc2ccc3c(c2)CCCC3)CC1. The van der Waals surface area contributed by atoms with Gasteiger partial charge >= 0.3 is 5.97 Å². The van der Waals surface area contributed by atoms with E-state index in [1.807, 2.05) is 6.07 Å². The van der Waals surface area contributed by atoms with Crippen LogP contribution in [0.1, 0.15) is 36.8 Å². The standard InChI is InChI=1S/C18H23NO4/c20-17(19-9-7-14(8-10-19)18(21)22)12-23-16-6-5-13-3-1-2-4-15(13)11-16/h5-6,11,14H,1-4,7-10,12H2,(H,21,22). The second kappa shape index (κ2) is 7.02. The molecule has 1 N–H and O–H groups in total. The van der Waals surface area contributed by atoms with Crippen molar-refractivity contribution < 1.29 is 19.4 Å². The first-order valence-corrected chi connectivity index (χ1v) is 8.38. The third-order valence-corrected chi connectivity index (χ3v) is 4.88. The molecule has 0 aromatic heterocycles. The smallest absolute Gasteiger partial charge is 0.306 e. The summed E-state index contributed by atoms with van der Waals surface area (Å²) < 4.78 is 5.65. The Hall–Kier alpha value is -2.04. The summed E-state index contributed by atoms with van der Waals surface area (Å²) in [5, 5.41) is 8.98. The lowest BCUT2D eigenvalue weighted by Gasteiger charge is -2.30. The summed E-state index contributed by atoms with van der Waals surface area (Å²) >= 11 is 0. The number of amides is 1. The van der Waals surface area contributed by atoms with Gasteiger partial charge < -0.3 is 14.7 Å². The number of piperidine rings is 1. The molecule has 124 valence electrons. The van der Waals surface area contributed by atoms with Crippen LogP contribution >= 0.6 is 0 Å². The summed E-state index contributed by atoms with van der Waals surface area (Å²) in [5.74, 6) is -0.394. The quantitative estimate of drug-likeness (QED) is 0.925. The van der Waals surface area contributed by atoms with Crippen molar-refractivity contribution in [3.05, 3.63) is 29.3 Å². The van der Waals surface area contributed by atoms with Crippen LogP contribution in [0.15, 0.2) is 18.2 Å². The lowest BCUT2D eigenvalue weighted by atomic mass is 9.92. The van der Waals surface area contributed by atoms with Crippen molar-refractivity contribution in [2.75, 3.05) is 19.7 Å². The van der Waals surface area contributed by atoms with E-state index in [1.54, 1.807) is 4.90 Å². The van der Waals surface area contributed by atoms with E-state index in [0.29, 0.717) is 25.9 Å². The molecule has 1 aromatic carbocycles. The van der Waals surface area contributed by atoms with Crippen LogP contribution in [0.2, 0.25) is 0 Å². The number of carbonyl (C=O) groups excluding carboxylic acids is 1. The maximum absolute atomic E-state index is 12.2. The van der Waals surface area contributed by atoms with Crippen molar-refractivity contribution in [1.29, 1.82) is 0 Å². The van der Waals surface area contributed by atoms with Gasteiger partial charge in [-0.3, -0.25) is 9.59 Å². The number of rotatable bonds is 4. The second-order valence-electron chi connectivity index (χ2n) is 6.42. The predicted octanol–water partition coefficient (Wildman–Crippen LogP) is 2.27. The van der Waals surface area contributed by atoms with Crippen LogP contribution in [0.25, 0.3) is 0 Å². The number of fused-ring (bicyclic) bond motifs is 1. The monoisotopic (exact) mass is 317 g/mol. The molecular weight excluding hydrogens is 294 g/mol. The van der Waals surface area contributed by atoms with E-state index in [9.17, 15) is 9.59 Å². The first-order chi connectivity index (χ1) is 11.1. The molecule has 0 spiro atoms. The molecule has 3 rings (SSSR count). The Balaban J connectivity index is 1.50. The van der Waals surface area contributed by atoms with Gasteiger partial charge in [0.1, 0.15) is 5.75 Å². The number of nitrogens with zero attached hydrogens (tertiary/aromatic N) is 1. The van der Waals surface area contributed by atoms with Gasteiger partial charge in [0.2, 0.25) is 0 Å². The van der Waals surface area contributed by atoms with Gasteiger partial charge in [0.15, 0.2) is 6.61 Å². The molecule has 0 atom stereocenters. The molecule has 1 amide bonds. The first kappa shape index (κ1) is 15.8. The van der Waals surface area contributed by atoms with E-state index in [1.165, 1.54) is 24.0 Å². The third kappa shape index (κ3) is 3.84. The molecule has 1 heterocycles. The lowest BCUT2D eigenvalue weighted by Crippen LogP contribution is -2.42. The van der Waals surface area contributed by atoms with Crippen LogP contribution in [-0.4, -0.2) is 41.6 Å². The average Bonchev–Trinajstić information content (AvgIpc) is 2.59. The summed E-state index contributed by atoms with van der Waals surface area (Å²) in [7, 11) is 0. The Kier molecular flexibility index (Phi) is 4.84. The molecule has 23 heavy (non-hydrogen) atoms. The number of likely N-dealkylation sites (tertiary alicyclic amines) is 1. The van der Waals surface area contributed by atoms with Crippen molar-refractivity contribution in [2.24, 2.45) is 5.92 Å². The van der Waals surface area contributed by atoms with Crippen molar-refractivity contribution in [3.8, 4) is 5.75 Å². The van der Waals surface area contributed by atoms with Gasteiger partial charge in [0, 0.05) is 13.1 Å². The Morgan fingerprint density at radius 3 is 2.52 bits per heavy atom. The van der Waals surface area contributed by atoms with Gasteiger partial charge in [-0.25, -0.2) is 0 Å². The lowest BCUT2D eigenvalue weighted by molar-refractivity contribution is -0.146. The Labute approximate surface area is 136 Å². The fourth-order valence-corrected chi connectivity index (χ4v) is 3.41. The fraction of sp³-hybridized carbons (Fsp3) is 0.556. The van der Waals surface area contributed by atoms with Crippen LogP contribution in [0, 0.1) is 5.92 Å². The van der Waals surface area contributed by atoms with E-state index in [-0.39, 0.29) is 18.4 Å². The number of hydrogen-bond donors (Lipinski definition) is 1. The molecular formula is C18H23NO4. The van der Waals surface area contributed by atoms with Gasteiger partial charge in [-0.15, -0.1) is 0 Å². The topological polar surface area (TPSA) is 66.8 Å². The average molecular weight is 317 g/mol. The Morgan fingerprint density at radius 1 is 1.13 bits per heavy atom. The van der Waals surface area contributed by atoms with E-state index in [0.717, 1.165) is 18.6 Å². The number of aryl methyl sites for hydroxylation is 2. The molecule has 0 bridgehead atoms. The van der Waals surface area contributed by atoms with Crippen molar-refractivity contribution >= 4 is 11.9 Å². The largest absolute Gasteiger partial charge is 0.484 e. The molecule has 1 aromatic rings. The summed E-state index contributed by atoms with van der Waals surface area (Å²) in [6.45, 7) is 1.03. The molecule has 1 fully saturated rings. The minimum atomic E-state index is -0.762. The summed E-state index contributed by atoms with van der Waals surface area (Å²) in [6, 6.07) is 6.10. The number of carbonyl (C=O) groups is 2. The van der Waals surface area contributed by atoms with Crippen LogP contribution in [0.5, 0.6) is 5.75 Å². The van der Waals surface area contributed by atoms with Crippen molar-refractivity contribution in [2.45, 2.75) is 38.5 Å². The highest BCUT2D eigenvalue weighted by Crippen LogP contribution is 2.25. The summed E-state index contributed by atoms with van der Waals surface area (Å²) in [5.41, 5.74) is 2.73. The van der Waals surface area contributed by atoms with Gasteiger partial charge in [0.05, 0.1) is 5.92 Å². The zero-order valence-electron chi connectivity index (χ0n) is 13.3. The van der Waals surface area contributed by atoms with E-state index < -0.39 is 5.97 Å². The predicted molar refractivity (Wildman–Crippen MR) is 85.5 cm³/mol. The highest BCUT2D eigenvalue weighted by Gasteiger charge is 2.27. The van der Waals surface area contributed by atoms with Gasteiger partial charge in [-0.2, -0.15) is 0 Å². The Bertz CT molecular complexity index is 591. The molecule has 1 saturated heterocycles. The van der Waals surface area contributed by atoms with Crippen LogP contribution in [-0.2, 0) is 22.4 Å². The van der Waals surface area contributed by atoms with Crippen molar-refractivity contribution in [3.63, 3.8) is 0 Å². The van der Waals surface area contributed by atoms with Crippen LogP contribution in [0.3, 0.4) is 0 Å². The number of carboxylic acids is 1. The molecule has 0 radical (unpaired) electrons. The molecule has 5 nitrogen and oxygen atoms in total. The van der Waals surface area contributed by atoms with Crippen LogP contribution < -0.4 is 4.74 Å². The number of aliphatic carboxylic acids is 1. The fourth-order valence-electron chi connectivity index (χ4n) is 3.41. The number of carboxylic acid groups (broad SMARTS) is 1. The van der Waals surface area contributed by atoms with Crippen molar-refractivity contribution in [1.82, 2.24) is 4.90 Å². The molecule has 2 aliphatic rings. The highest BCUT2D eigenvalue weighted by molar-refractivity contribution is 5.78.